The monoisotopic (exact) mass is 473 g/mol. The van der Waals surface area contributed by atoms with E-state index in [1.807, 2.05) is 0 Å². The summed E-state index contributed by atoms with van der Waals surface area (Å²) >= 11 is 6.80. The molecular weight excluding hydrogens is 459 g/mol. The third kappa shape index (κ3) is 5.61. The molecule has 0 aliphatic rings. The van der Waals surface area contributed by atoms with Crippen molar-refractivity contribution in [3.63, 3.8) is 0 Å². The molecule has 0 aliphatic heterocycles. The van der Waals surface area contributed by atoms with Gasteiger partial charge in [-0.2, -0.15) is 13.2 Å². The second kappa shape index (κ2) is 9.48. The fourth-order valence-corrected chi connectivity index (χ4v) is 3.19. The first-order valence-corrected chi connectivity index (χ1v) is 9.93. The van der Waals surface area contributed by atoms with Gasteiger partial charge >= 0.3 is 6.18 Å². The topological polar surface area (TPSA) is 86.5 Å². The average molecular weight is 474 g/mol. The normalized spacial score (nSPS) is 11.3. The standard InChI is InChI=1S/C19H15ClF3N3O4S/c1-28-14-6-3-10(7-15(14)29-2)17-25-26-18(30-17)31-9-16(27)24-13-8-11(19(21,22)23)4-5-12(13)20/h3-8H,9H2,1-2H3,(H,24,27). The zero-order valence-corrected chi connectivity index (χ0v) is 17.7. The molecule has 31 heavy (non-hydrogen) atoms. The van der Waals surface area contributed by atoms with Gasteiger partial charge in [0.1, 0.15) is 0 Å². The van der Waals surface area contributed by atoms with Crippen LogP contribution in [0.4, 0.5) is 18.9 Å². The number of thioether (sulfide) groups is 1. The predicted octanol–water partition coefficient (Wildman–Crippen LogP) is 5.16. The number of amides is 1. The third-order valence-corrected chi connectivity index (χ3v) is 5.08. The molecule has 0 atom stereocenters. The lowest BCUT2D eigenvalue weighted by Crippen LogP contribution is -2.15. The van der Waals surface area contributed by atoms with Crippen molar-refractivity contribution < 1.29 is 31.9 Å². The van der Waals surface area contributed by atoms with E-state index >= 15 is 0 Å². The first kappa shape index (κ1) is 22.8. The Labute approximate surface area is 183 Å². The van der Waals surface area contributed by atoms with Crippen LogP contribution in [0.25, 0.3) is 11.5 Å². The van der Waals surface area contributed by atoms with Gasteiger partial charge in [0.05, 0.1) is 36.2 Å². The van der Waals surface area contributed by atoms with Gasteiger partial charge < -0.3 is 19.2 Å². The quantitative estimate of drug-likeness (QED) is 0.474. The number of methoxy groups -OCH3 is 2. The fourth-order valence-electron chi connectivity index (χ4n) is 2.46. The zero-order valence-electron chi connectivity index (χ0n) is 16.1. The van der Waals surface area contributed by atoms with E-state index in [0.29, 0.717) is 17.1 Å². The Balaban J connectivity index is 1.64. The van der Waals surface area contributed by atoms with Crippen LogP contribution >= 0.6 is 23.4 Å². The SMILES string of the molecule is COc1ccc(-c2nnc(SCC(=O)Nc3cc(C(F)(F)F)ccc3Cl)o2)cc1OC. The van der Waals surface area contributed by atoms with E-state index < -0.39 is 17.6 Å². The van der Waals surface area contributed by atoms with Crippen LogP contribution in [0.1, 0.15) is 5.56 Å². The van der Waals surface area contributed by atoms with Gasteiger partial charge in [-0.1, -0.05) is 23.4 Å². The summed E-state index contributed by atoms with van der Waals surface area (Å²) in [6.07, 6.45) is -4.55. The molecule has 0 fully saturated rings. The van der Waals surface area contributed by atoms with Crippen LogP contribution in [0.5, 0.6) is 11.5 Å². The van der Waals surface area contributed by atoms with Crippen molar-refractivity contribution in [1.82, 2.24) is 10.2 Å². The zero-order chi connectivity index (χ0) is 22.6. The number of halogens is 4. The first-order valence-electron chi connectivity index (χ1n) is 8.56. The molecule has 0 saturated heterocycles. The summed E-state index contributed by atoms with van der Waals surface area (Å²) < 4.78 is 54.4. The van der Waals surface area contributed by atoms with E-state index in [1.165, 1.54) is 14.2 Å². The van der Waals surface area contributed by atoms with Crippen LogP contribution in [0.15, 0.2) is 46.0 Å². The van der Waals surface area contributed by atoms with Crippen LogP contribution in [0.2, 0.25) is 5.02 Å². The van der Waals surface area contributed by atoms with E-state index in [4.69, 9.17) is 25.5 Å². The molecule has 12 heteroatoms. The number of benzene rings is 2. The minimum atomic E-state index is -4.55. The number of carbonyl (C=O) groups excluding carboxylic acids is 1. The van der Waals surface area contributed by atoms with Gasteiger partial charge in [0, 0.05) is 5.56 Å². The number of ether oxygens (including phenoxy) is 2. The molecule has 0 aliphatic carbocycles. The molecule has 1 N–H and O–H groups in total. The van der Waals surface area contributed by atoms with Crippen molar-refractivity contribution >= 4 is 35.0 Å². The van der Waals surface area contributed by atoms with E-state index in [9.17, 15) is 18.0 Å². The highest BCUT2D eigenvalue weighted by atomic mass is 35.5. The lowest BCUT2D eigenvalue weighted by Gasteiger charge is -2.11. The highest BCUT2D eigenvalue weighted by molar-refractivity contribution is 7.99. The van der Waals surface area contributed by atoms with Crippen molar-refractivity contribution in [2.24, 2.45) is 0 Å². The molecule has 1 heterocycles. The Bertz CT molecular complexity index is 1090. The number of rotatable bonds is 7. The van der Waals surface area contributed by atoms with Gasteiger partial charge in [-0.05, 0) is 36.4 Å². The first-order chi connectivity index (χ1) is 14.7. The predicted molar refractivity (Wildman–Crippen MR) is 109 cm³/mol. The Morgan fingerprint density at radius 1 is 1.13 bits per heavy atom. The fraction of sp³-hybridized carbons (Fsp3) is 0.211. The average Bonchev–Trinajstić information content (AvgIpc) is 3.21. The molecule has 0 unspecified atom stereocenters. The highest BCUT2D eigenvalue weighted by Gasteiger charge is 2.31. The lowest BCUT2D eigenvalue weighted by atomic mass is 10.2. The smallest absolute Gasteiger partial charge is 0.416 e. The molecule has 7 nitrogen and oxygen atoms in total. The van der Waals surface area contributed by atoms with Gasteiger partial charge in [0.25, 0.3) is 5.22 Å². The number of anilines is 1. The van der Waals surface area contributed by atoms with Crippen molar-refractivity contribution in [2.45, 2.75) is 11.4 Å². The van der Waals surface area contributed by atoms with Crippen molar-refractivity contribution in [1.29, 1.82) is 0 Å². The van der Waals surface area contributed by atoms with Crippen LogP contribution in [-0.4, -0.2) is 36.1 Å². The van der Waals surface area contributed by atoms with E-state index in [1.54, 1.807) is 18.2 Å². The molecule has 0 bridgehead atoms. The minimum Gasteiger partial charge on any atom is -0.493 e. The summed E-state index contributed by atoms with van der Waals surface area (Å²) in [4.78, 5) is 12.1. The molecule has 2 aromatic carbocycles. The number of hydrogen-bond acceptors (Lipinski definition) is 7. The Morgan fingerprint density at radius 3 is 2.55 bits per heavy atom. The Morgan fingerprint density at radius 2 is 1.87 bits per heavy atom. The number of hydrogen-bond donors (Lipinski definition) is 1. The van der Waals surface area contributed by atoms with Crippen molar-refractivity contribution in [3.05, 3.63) is 47.0 Å². The van der Waals surface area contributed by atoms with Gasteiger partial charge in [-0.15, -0.1) is 10.2 Å². The second-order valence-electron chi connectivity index (χ2n) is 5.97. The summed E-state index contributed by atoms with van der Waals surface area (Å²) in [5.74, 6) is 0.442. The van der Waals surface area contributed by atoms with Gasteiger partial charge in [0.2, 0.25) is 11.8 Å². The summed E-state index contributed by atoms with van der Waals surface area (Å²) in [5.41, 5.74) is -0.479. The minimum absolute atomic E-state index is 0.0140. The molecular formula is C19H15ClF3N3O4S. The largest absolute Gasteiger partial charge is 0.493 e. The van der Waals surface area contributed by atoms with Crippen molar-refractivity contribution in [3.8, 4) is 23.0 Å². The third-order valence-electron chi connectivity index (χ3n) is 3.93. The van der Waals surface area contributed by atoms with Crippen LogP contribution in [-0.2, 0) is 11.0 Å². The second-order valence-corrected chi connectivity index (χ2v) is 7.31. The van der Waals surface area contributed by atoms with E-state index in [-0.39, 0.29) is 27.6 Å². The maximum absolute atomic E-state index is 12.8. The van der Waals surface area contributed by atoms with Crippen molar-refractivity contribution in [2.75, 3.05) is 25.3 Å². The lowest BCUT2D eigenvalue weighted by molar-refractivity contribution is -0.137. The van der Waals surface area contributed by atoms with Gasteiger partial charge in [-0.3, -0.25) is 4.79 Å². The molecule has 164 valence electrons. The maximum Gasteiger partial charge on any atom is 0.416 e. The number of carbonyl (C=O) groups is 1. The van der Waals surface area contributed by atoms with Gasteiger partial charge in [-0.25, -0.2) is 0 Å². The van der Waals surface area contributed by atoms with E-state index in [2.05, 4.69) is 15.5 Å². The number of nitrogens with one attached hydrogen (secondary N) is 1. The number of nitrogens with zero attached hydrogens (tertiary/aromatic N) is 2. The molecule has 1 amide bonds. The summed E-state index contributed by atoms with van der Waals surface area (Å²) in [5, 5.41) is 10.2. The van der Waals surface area contributed by atoms with Crippen LogP contribution in [0.3, 0.4) is 0 Å². The Hall–Kier alpha value is -2.92. The Kier molecular flexibility index (Phi) is 6.96. The van der Waals surface area contributed by atoms with Crippen LogP contribution < -0.4 is 14.8 Å². The number of alkyl halides is 3. The van der Waals surface area contributed by atoms with Crippen LogP contribution in [0, 0.1) is 0 Å². The number of aromatic nitrogens is 2. The molecule has 0 spiro atoms. The molecule has 0 radical (unpaired) electrons. The summed E-state index contributed by atoms with van der Waals surface area (Å²) in [6.45, 7) is 0. The molecule has 3 rings (SSSR count). The highest BCUT2D eigenvalue weighted by Crippen LogP contribution is 2.34. The maximum atomic E-state index is 12.8. The molecule has 1 aromatic heterocycles. The summed E-state index contributed by atoms with van der Waals surface area (Å²) in [6, 6.07) is 7.71. The summed E-state index contributed by atoms with van der Waals surface area (Å²) in [7, 11) is 3.00. The van der Waals surface area contributed by atoms with Gasteiger partial charge in [0.15, 0.2) is 11.5 Å². The molecule has 3 aromatic rings. The molecule has 0 saturated carbocycles. The van der Waals surface area contributed by atoms with E-state index in [0.717, 1.165) is 30.0 Å².